The number of hydrogen-bond donors (Lipinski definition) is 0. The Labute approximate surface area is 78.0 Å². The number of nitrogens with zero attached hydrogens (tertiary/aromatic N) is 1. The van der Waals surface area contributed by atoms with Crippen LogP contribution in [0.3, 0.4) is 0 Å². The third-order valence-electron chi connectivity index (χ3n) is 1.67. The second-order valence-electron chi connectivity index (χ2n) is 2.61. The molecule has 1 heterocycles. The smallest absolute Gasteiger partial charge is 0.137 e. The molecule has 0 amide bonds. The molecule has 0 spiro atoms. The van der Waals surface area contributed by atoms with Crippen LogP contribution in [-0.4, -0.2) is 19.2 Å². The predicted molar refractivity (Wildman–Crippen MR) is 51.0 cm³/mol. The number of hydrogen-bond acceptors (Lipinski definition) is 3. The number of aromatic nitrogens is 1. The molecule has 1 aromatic heterocycles. The van der Waals surface area contributed by atoms with Crippen LogP contribution in [0.4, 0.5) is 0 Å². The van der Waals surface area contributed by atoms with E-state index < -0.39 is 0 Å². The van der Waals surface area contributed by atoms with Crippen molar-refractivity contribution < 1.29 is 9.47 Å². The highest BCUT2D eigenvalue weighted by molar-refractivity contribution is 5.53. The summed E-state index contributed by atoms with van der Waals surface area (Å²) >= 11 is 0. The highest BCUT2D eigenvalue weighted by Gasteiger charge is 1.99. The lowest BCUT2D eigenvalue weighted by Gasteiger charge is -2.04. The molecule has 0 aromatic carbocycles. The Morgan fingerprint density at radius 2 is 2.23 bits per heavy atom. The van der Waals surface area contributed by atoms with Crippen molar-refractivity contribution in [3.8, 4) is 0 Å². The Kier molecular flexibility index (Phi) is 3.46. The minimum absolute atomic E-state index is 0.573. The second-order valence-corrected chi connectivity index (χ2v) is 2.61. The van der Waals surface area contributed by atoms with E-state index >= 15 is 0 Å². The van der Waals surface area contributed by atoms with Crippen molar-refractivity contribution in [2.75, 3.05) is 14.2 Å². The van der Waals surface area contributed by atoms with Crippen molar-refractivity contribution in [2.45, 2.75) is 6.61 Å². The van der Waals surface area contributed by atoms with Gasteiger partial charge < -0.3 is 9.47 Å². The van der Waals surface area contributed by atoms with Crippen molar-refractivity contribution in [1.82, 2.24) is 4.98 Å². The van der Waals surface area contributed by atoms with E-state index in [9.17, 15) is 0 Å². The van der Waals surface area contributed by atoms with E-state index in [1.807, 2.05) is 12.1 Å². The maximum atomic E-state index is 4.96. The number of ether oxygens (including phenoxy) is 2. The van der Waals surface area contributed by atoms with Crippen LogP contribution in [0, 0.1) is 0 Å². The second kappa shape index (κ2) is 4.62. The largest absolute Gasteiger partial charge is 0.495 e. The minimum Gasteiger partial charge on any atom is -0.495 e. The van der Waals surface area contributed by atoms with Crippen LogP contribution >= 0.6 is 0 Å². The van der Waals surface area contributed by atoms with Crippen molar-refractivity contribution in [2.24, 2.45) is 0 Å². The average molecular weight is 179 g/mol. The van der Waals surface area contributed by atoms with Gasteiger partial charge in [-0.25, -0.2) is 0 Å². The molecule has 0 aliphatic rings. The fourth-order valence-corrected chi connectivity index (χ4v) is 0.946. The lowest BCUT2D eigenvalue weighted by molar-refractivity contribution is 0.184. The molecule has 0 atom stereocenters. The molecule has 3 nitrogen and oxygen atoms in total. The molecule has 0 radical (unpaired) electrons. The number of methoxy groups -OCH3 is 2. The van der Waals surface area contributed by atoms with Gasteiger partial charge in [-0.2, -0.15) is 0 Å². The molecule has 13 heavy (non-hydrogen) atoms. The normalized spacial score (nSPS) is 9.69. The molecule has 1 aromatic rings. The third-order valence-corrected chi connectivity index (χ3v) is 1.67. The molecule has 0 unspecified atom stereocenters. The van der Waals surface area contributed by atoms with Crippen LogP contribution in [0.1, 0.15) is 11.3 Å². The monoisotopic (exact) mass is 179 g/mol. The van der Waals surface area contributed by atoms with E-state index in [1.54, 1.807) is 20.4 Å². The zero-order valence-corrected chi connectivity index (χ0v) is 7.91. The van der Waals surface area contributed by atoms with Crippen molar-refractivity contribution in [3.63, 3.8) is 0 Å². The summed E-state index contributed by atoms with van der Waals surface area (Å²) in [6.45, 7) is 4.28. The topological polar surface area (TPSA) is 31.4 Å². The highest BCUT2D eigenvalue weighted by Crippen LogP contribution is 2.10. The fraction of sp³-hybridized carbons (Fsp3) is 0.300. The van der Waals surface area contributed by atoms with Gasteiger partial charge in [0.15, 0.2) is 0 Å². The molecular formula is C10H13NO2. The Morgan fingerprint density at radius 3 is 2.69 bits per heavy atom. The highest BCUT2D eigenvalue weighted by atomic mass is 16.5. The molecule has 1 rings (SSSR count). The maximum Gasteiger partial charge on any atom is 0.137 e. The van der Waals surface area contributed by atoms with Gasteiger partial charge in [0.05, 0.1) is 13.7 Å². The lowest BCUT2D eigenvalue weighted by Crippen LogP contribution is -1.93. The summed E-state index contributed by atoms with van der Waals surface area (Å²) in [5, 5.41) is 0. The fourth-order valence-electron chi connectivity index (χ4n) is 0.946. The van der Waals surface area contributed by atoms with E-state index in [0.29, 0.717) is 12.4 Å². The molecule has 70 valence electrons. The molecule has 0 fully saturated rings. The summed E-state index contributed by atoms with van der Waals surface area (Å²) in [6.07, 6.45) is 1.75. The molecule has 3 heteroatoms. The van der Waals surface area contributed by atoms with E-state index in [-0.39, 0.29) is 0 Å². The molecule has 0 bridgehead atoms. The van der Waals surface area contributed by atoms with Crippen molar-refractivity contribution in [3.05, 3.63) is 36.2 Å². The third kappa shape index (κ3) is 2.56. The zero-order chi connectivity index (χ0) is 9.68. The van der Waals surface area contributed by atoms with Gasteiger partial charge in [-0.15, -0.1) is 0 Å². The first-order valence-corrected chi connectivity index (χ1v) is 3.95. The van der Waals surface area contributed by atoms with Gasteiger partial charge in [0.25, 0.3) is 0 Å². The molecule has 0 N–H and O–H groups in total. The van der Waals surface area contributed by atoms with Gasteiger partial charge in [-0.05, 0) is 11.6 Å². The molecule has 0 aliphatic heterocycles. The SMILES string of the molecule is C=C(OC)c1ccc(COC)cn1. The van der Waals surface area contributed by atoms with Gasteiger partial charge in [-0.3, -0.25) is 4.98 Å². The molecule has 0 saturated carbocycles. The van der Waals surface area contributed by atoms with Crippen LogP contribution in [0.2, 0.25) is 0 Å². The number of pyridine rings is 1. The van der Waals surface area contributed by atoms with E-state index in [1.165, 1.54) is 0 Å². The Hall–Kier alpha value is -1.35. The molecule has 0 saturated heterocycles. The Balaban J connectivity index is 2.75. The van der Waals surface area contributed by atoms with E-state index in [2.05, 4.69) is 11.6 Å². The van der Waals surface area contributed by atoms with Crippen LogP contribution in [0.5, 0.6) is 0 Å². The predicted octanol–water partition coefficient (Wildman–Crippen LogP) is 1.85. The summed E-state index contributed by atoms with van der Waals surface area (Å²) in [5.74, 6) is 0.573. The van der Waals surface area contributed by atoms with E-state index in [0.717, 1.165) is 11.3 Å². The Bertz CT molecular complexity index is 279. The Morgan fingerprint density at radius 1 is 1.46 bits per heavy atom. The van der Waals surface area contributed by atoms with Crippen LogP contribution in [0.15, 0.2) is 24.9 Å². The lowest BCUT2D eigenvalue weighted by atomic mass is 10.2. The van der Waals surface area contributed by atoms with Crippen LogP contribution < -0.4 is 0 Å². The standard InChI is InChI=1S/C10H13NO2/c1-8(13-3)10-5-4-9(6-11-10)7-12-2/h4-6H,1,7H2,2-3H3. The summed E-state index contributed by atoms with van der Waals surface area (Å²) in [7, 11) is 3.23. The number of rotatable bonds is 4. The van der Waals surface area contributed by atoms with Gasteiger partial charge in [-0.1, -0.05) is 12.6 Å². The van der Waals surface area contributed by atoms with Crippen LogP contribution in [-0.2, 0) is 16.1 Å². The zero-order valence-electron chi connectivity index (χ0n) is 7.91. The quantitative estimate of drug-likeness (QED) is 0.661. The van der Waals surface area contributed by atoms with E-state index in [4.69, 9.17) is 9.47 Å². The van der Waals surface area contributed by atoms with Gasteiger partial charge >= 0.3 is 0 Å². The summed E-state index contributed by atoms with van der Waals surface area (Å²) < 4.78 is 9.91. The first-order valence-electron chi connectivity index (χ1n) is 3.95. The minimum atomic E-state index is 0.573. The van der Waals surface area contributed by atoms with Gasteiger partial charge in [0, 0.05) is 13.3 Å². The first kappa shape index (κ1) is 9.74. The maximum absolute atomic E-state index is 4.96. The van der Waals surface area contributed by atoms with Crippen molar-refractivity contribution >= 4 is 5.76 Å². The summed E-state index contributed by atoms with van der Waals surface area (Å²) in [5.41, 5.74) is 1.79. The van der Waals surface area contributed by atoms with Crippen LogP contribution in [0.25, 0.3) is 5.76 Å². The van der Waals surface area contributed by atoms with Gasteiger partial charge in [0.2, 0.25) is 0 Å². The van der Waals surface area contributed by atoms with Gasteiger partial charge in [0.1, 0.15) is 11.5 Å². The first-order chi connectivity index (χ1) is 6.27. The average Bonchev–Trinajstić information content (AvgIpc) is 2.18. The summed E-state index contributed by atoms with van der Waals surface area (Å²) in [4.78, 5) is 4.16. The van der Waals surface area contributed by atoms with Crippen molar-refractivity contribution in [1.29, 1.82) is 0 Å². The molecular weight excluding hydrogens is 166 g/mol. The summed E-state index contributed by atoms with van der Waals surface area (Å²) in [6, 6.07) is 3.80. The molecule has 0 aliphatic carbocycles.